The van der Waals surface area contributed by atoms with E-state index >= 15 is 0 Å². The van der Waals surface area contributed by atoms with Crippen LogP contribution in [0.5, 0.6) is 0 Å². The number of nitrogens with one attached hydrogen (secondary N) is 1. The van der Waals surface area contributed by atoms with Crippen molar-refractivity contribution in [1.82, 2.24) is 20.4 Å². The van der Waals surface area contributed by atoms with Crippen LogP contribution in [-0.4, -0.2) is 34.0 Å². The Morgan fingerprint density at radius 2 is 2.28 bits per heavy atom. The second-order valence-corrected chi connectivity index (χ2v) is 6.90. The van der Waals surface area contributed by atoms with Gasteiger partial charge in [0.2, 0.25) is 12.3 Å². The van der Waals surface area contributed by atoms with Gasteiger partial charge < -0.3 is 9.84 Å². The molecule has 1 atom stereocenters. The van der Waals surface area contributed by atoms with Gasteiger partial charge in [-0.1, -0.05) is 35.0 Å². The Bertz CT molecular complexity index is 677. The molecule has 1 aromatic carbocycles. The molecule has 0 spiro atoms. The molecular weight excluding hydrogens is 340 g/mol. The van der Waals surface area contributed by atoms with Gasteiger partial charge in [0.15, 0.2) is 5.82 Å². The van der Waals surface area contributed by atoms with Crippen LogP contribution in [0.15, 0.2) is 35.2 Å². The molecular formula is C18H23ClN4O2. The molecule has 25 heavy (non-hydrogen) atoms. The molecule has 1 aromatic heterocycles. The van der Waals surface area contributed by atoms with E-state index in [0.29, 0.717) is 30.5 Å². The first-order valence-electron chi connectivity index (χ1n) is 8.68. The standard InChI is InChI=1S/C18H23ClN4O2/c19-16-6-2-1-5-15(16)10-20-18(24)8-7-14-4-3-9-23(11-14)12-17-21-13-25-22-17/h1-2,5-6,13-14H,3-4,7-12H2,(H,20,24)/t14-/m0/s1. The molecule has 3 rings (SSSR count). The number of likely N-dealkylation sites (tertiary alicyclic amines) is 1. The highest BCUT2D eigenvalue weighted by atomic mass is 35.5. The third kappa shape index (κ3) is 5.54. The summed E-state index contributed by atoms with van der Waals surface area (Å²) < 4.78 is 4.78. The zero-order chi connectivity index (χ0) is 17.5. The first kappa shape index (κ1) is 17.9. The summed E-state index contributed by atoms with van der Waals surface area (Å²) in [5.74, 6) is 1.33. The van der Waals surface area contributed by atoms with Crippen molar-refractivity contribution in [3.63, 3.8) is 0 Å². The maximum absolute atomic E-state index is 12.1. The smallest absolute Gasteiger partial charge is 0.220 e. The fourth-order valence-electron chi connectivity index (χ4n) is 3.25. The van der Waals surface area contributed by atoms with Gasteiger partial charge in [-0.05, 0) is 43.4 Å². The molecule has 1 fully saturated rings. The van der Waals surface area contributed by atoms with Crippen LogP contribution in [0.3, 0.4) is 0 Å². The van der Waals surface area contributed by atoms with Crippen molar-refractivity contribution in [2.75, 3.05) is 13.1 Å². The quantitative estimate of drug-likeness (QED) is 0.819. The lowest BCUT2D eigenvalue weighted by Crippen LogP contribution is -2.35. The van der Waals surface area contributed by atoms with Crippen LogP contribution in [0.25, 0.3) is 0 Å². The van der Waals surface area contributed by atoms with E-state index in [2.05, 4.69) is 20.4 Å². The van der Waals surface area contributed by atoms with E-state index in [0.717, 1.165) is 37.3 Å². The van der Waals surface area contributed by atoms with Crippen LogP contribution in [0.4, 0.5) is 0 Å². The van der Waals surface area contributed by atoms with Gasteiger partial charge in [0.05, 0.1) is 6.54 Å². The summed E-state index contributed by atoms with van der Waals surface area (Å²) in [6, 6.07) is 7.58. The van der Waals surface area contributed by atoms with Gasteiger partial charge in [-0.2, -0.15) is 4.98 Å². The molecule has 1 aliphatic heterocycles. The van der Waals surface area contributed by atoms with Crippen LogP contribution in [0, 0.1) is 5.92 Å². The van der Waals surface area contributed by atoms with E-state index in [-0.39, 0.29) is 5.91 Å². The minimum absolute atomic E-state index is 0.0789. The largest absolute Gasteiger partial charge is 0.352 e. The summed E-state index contributed by atoms with van der Waals surface area (Å²) in [5, 5.41) is 7.51. The highest BCUT2D eigenvalue weighted by molar-refractivity contribution is 6.31. The summed E-state index contributed by atoms with van der Waals surface area (Å²) in [6.45, 7) is 3.22. The van der Waals surface area contributed by atoms with Crippen LogP contribution in [-0.2, 0) is 17.9 Å². The van der Waals surface area contributed by atoms with E-state index < -0.39 is 0 Å². The molecule has 1 amide bonds. The van der Waals surface area contributed by atoms with Gasteiger partial charge in [-0.15, -0.1) is 0 Å². The molecule has 1 N–H and O–H groups in total. The fraction of sp³-hybridized carbons (Fsp3) is 0.500. The summed E-state index contributed by atoms with van der Waals surface area (Å²) in [6.07, 6.45) is 5.12. The van der Waals surface area contributed by atoms with E-state index in [4.69, 9.17) is 16.1 Å². The lowest BCUT2D eigenvalue weighted by Gasteiger charge is -2.31. The number of hydrogen-bond acceptors (Lipinski definition) is 5. The Hall–Kier alpha value is -1.92. The number of aromatic nitrogens is 2. The Kier molecular flexibility index (Phi) is 6.42. The van der Waals surface area contributed by atoms with E-state index in [9.17, 15) is 4.79 Å². The van der Waals surface area contributed by atoms with Gasteiger partial charge >= 0.3 is 0 Å². The predicted octanol–water partition coefficient (Wildman–Crippen LogP) is 3.03. The number of halogens is 1. The molecule has 1 aliphatic rings. The van der Waals surface area contributed by atoms with Gasteiger partial charge in [0.1, 0.15) is 0 Å². The second-order valence-electron chi connectivity index (χ2n) is 6.50. The number of piperidine rings is 1. The van der Waals surface area contributed by atoms with E-state index in [1.807, 2.05) is 24.3 Å². The molecule has 0 aliphatic carbocycles. The number of amides is 1. The SMILES string of the molecule is O=C(CC[C@@H]1CCCN(Cc2ncon2)C1)NCc1ccccc1Cl. The van der Waals surface area contributed by atoms with Crippen molar-refractivity contribution in [2.45, 2.75) is 38.8 Å². The van der Waals surface area contributed by atoms with Gasteiger partial charge in [-0.25, -0.2) is 0 Å². The number of nitrogens with zero attached hydrogens (tertiary/aromatic N) is 3. The summed E-state index contributed by atoms with van der Waals surface area (Å²) in [5.41, 5.74) is 0.946. The Morgan fingerprint density at radius 1 is 1.40 bits per heavy atom. The maximum Gasteiger partial charge on any atom is 0.220 e. The summed E-state index contributed by atoms with van der Waals surface area (Å²) in [7, 11) is 0. The number of hydrogen-bond donors (Lipinski definition) is 1. The fourth-order valence-corrected chi connectivity index (χ4v) is 3.45. The number of rotatable bonds is 7. The van der Waals surface area contributed by atoms with Crippen molar-refractivity contribution in [3.8, 4) is 0 Å². The highest BCUT2D eigenvalue weighted by Crippen LogP contribution is 2.22. The molecule has 6 nitrogen and oxygen atoms in total. The van der Waals surface area contributed by atoms with Gasteiger partial charge in [0, 0.05) is 24.5 Å². The van der Waals surface area contributed by atoms with Crippen LogP contribution >= 0.6 is 11.6 Å². The Morgan fingerprint density at radius 3 is 3.08 bits per heavy atom. The molecule has 2 heterocycles. The summed E-state index contributed by atoms with van der Waals surface area (Å²) >= 11 is 6.11. The first-order valence-corrected chi connectivity index (χ1v) is 9.06. The van der Waals surface area contributed by atoms with Crippen molar-refractivity contribution >= 4 is 17.5 Å². The third-order valence-corrected chi connectivity index (χ3v) is 4.96. The zero-order valence-corrected chi connectivity index (χ0v) is 14.9. The molecule has 7 heteroatoms. The lowest BCUT2D eigenvalue weighted by molar-refractivity contribution is -0.121. The topological polar surface area (TPSA) is 71.3 Å². The number of carbonyl (C=O) groups is 1. The normalized spacial score (nSPS) is 18.2. The van der Waals surface area contributed by atoms with Crippen molar-refractivity contribution in [2.24, 2.45) is 5.92 Å². The molecule has 134 valence electrons. The molecule has 0 bridgehead atoms. The highest BCUT2D eigenvalue weighted by Gasteiger charge is 2.21. The Balaban J connectivity index is 1.38. The van der Waals surface area contributed by atoms with Crippen molar-refractivity contribution < 1.29 is 9.32 Å². The number of carbonyl (C=O) groups excluding carboxylic acids is 1. The molecule has 2 aromatic rings. The minimum atomic E-state index is 0.0789. The second kappa shape index (κ2) is 8.97. The maximum atomic E-state index is 12.1. The van der Waals surface area contributed by atoms with E-state index in [1.165, 1.54) is 12.8 Å². The molecule has 0 radical (unpaired) electrons. The number of benzene rings is 1. The average molecular weight is 363 g/mol. The molecule has 1 saturated heterocycles. The van der Waals surface area contributed by atoms with Crippen LogP contribution in [0.1, 0.15) is 37.1 Å². The van der Waals surface area contributed by atoms with Crippen molar-refractivity contribution in [1.29, 1.82) is 0 Å². The molecule has 0 unspecified atom stereocenters. The van der Waals surface area contributed by atoms with Crippen molar-refractivity contribution in [3.05, 3.63) is 47.1 Å². The van der Waals surface area contributed by atoms with Crippen LogP contribution in [0.2, 0.25) is 5.02 Å². The lowest BCUT2D eigenvalue weighted by atomic mass is 9.93. The van der Waals surface area contributed by atoms with Gasteiger partial charge in [-0.3, -0.25) is 9.69 Å². The van der Waals surface area contributed by atoms with Gasteiger partial charge in [0.25, 0.3) is 0 Å². The monoisotopic (exact) mass is 362 g/mol. The first-order chi connectivity index (χ1) is 12.2. The zero-order valence-electron chi connectivity index (χ0n) is 14.2. The predicted molar refractivity (Wildman–Crippen MR) is 94.8 cm³/mol. The van der Waals surface area contributed by atoms with Crippen LogP contribution < -0.4 is 5.32 Å². The average Bonchev–Trinajstić information content (AvgIpc) is 3.12. The third-order valence-electron chi connectivity index (χ3n) is 4.59. The Labute approximate surface area is 152 Å². The summed E-state index contributed by atoms with van der Waals surface area (Å²) in [4.78, 5) is 18.5. The minimum Gasteiger partial charge on any atom is -0.352 e. The van der Waals surface area contributed by atoms with E-state index in [1.54, 1.807) is 0 Å². The molecule has 0 saturated carbocycles.